The molecule has 1 atom stereocenters. The highest BCUT2D eigenvalue weighted by molar-refractivity contribution is 6.05. The first-order valence-corrected chi connectivity index (χ1v) is 9.20. The van der Waals surface area contributed by atoms with Crippen molar-refractivity contribution >= 4 is 17.3 Å². The number of hydrogen-bond acceptors (Lipinski definition) is 5. The SMILES string of the molecule is CCOc1ccc(NC(C)C(=O)c2[nH]c(C)c(C(C)=O)c2C)cc1OCC. The Morgan fingerprint density at radius 2 is 1.74 bits per heavy atom. The van der Waals surface area contributed by atoms with E-state index < -0.39 is 6.04 Å². The number of nitrogens with one attached hydrogen (secondary N) is 2. The lowest BCUT2D eigenvalue weighted by Gasteiger charge is -2.17. The van der Waals surface area contributed by atoms with Crippen LogP contribution in [0.2, 0.25) is 0 Å². The van der Waals surface area contributed by atoms with Crippen LogP contribution in [0.5, 0.6) is 11.5 Å². The van der Waals surface area contributed by atoms with Crippen molar-refractivity contribution in [1.29, 1.82) is 0 Å². The number of anilines is 1. The molecule has 0 saturated heterocycles. The van der Waals surface area contributed by atoms with Gasteiger partial charge in [-0.2, -0.15) is 0 Å². The van der Waals surface area contributed by atoms with E-state index in [0.29, 0.717) is 41.5 Å². The van der Waals surface area contributed by atoms with Crippen molar-refractivity contribution in [3.63, 3.8) is 0 Å². The normalized spacial score (nSPS) is 11.8. The van der Waals surface area contributed by atoms with E-state index in [1.54, 1.807) is 20.8 Å². The van der Waals surface area contributed by atoms with Gasteiger partial charge < -0.3 is 19.8 Å². The minimum absolute atomic E-state index is 0.0474. The fourth-order valence-corrected chi connectivity index (χ4v) is 3.20. The molecule has 2 rings (SSSR count). The monoisotopic (exact) mass is 372 g/mol. The summed E-state index contributed by atoms with van der Waals surface area (Å²) in [5.41, 5.74) is 3.23. The summed E-state index contributed by atoms with van der Waals surface area (Å²) in [6.45, 7) is 11.8. The lowest BCUT2D eigenvalue weighted by molar-refractivity contribution is 0.0970. The van der Waals surface area contributed by atoms with Crippen molar-refractivity contribution in [2.24, 2.45) is 0 Å². The number of benzene rings is 1. The van der Waals surface area contributed by atoms with Crippen molar-refractivity contribution in [2.75, 3.05) is 18.5 Å². The summed E-state index contributed by atoms with van der Waals surface area (Å²) in [6, 6.07) is 5.03. The molecule has 1 heterocycles. The molecule has 0 fully saturated rings. The first-order valence-electron chi connectivity index (χ1n) is 9.20. The number of carbonyl (C=O) groups excluding carboxylic acids is 2. The predicted octanol–water partition coefficient (Wildman–Crippen LogP) is 4.31. The van der Waals surface area contributed by atoms with Crippen molar-refractivity contribution in [1.82, 2.24) is 4.98 Å². The van der Waals surface area contributed by atoms with Crippen LogP contribution in [-0.4, -0.2) is 35.8 Å². The first-order chi connectivity index (χ1) is 12.8. The number of aromatic nitrogens is 1. The molecule has 0 aliphatic heterocycles. The molecule has 0 aliphatic rings. The molecule has 146 valence electrons. The van der Waals surface area contributed by atoms with Crippen LogP contribution >= 0.6 is 0 Å². The molecule has 0 aliphatic carbocycles. The van der Waals surface area contributed by atoms with Crippen LogP contribution < -0.4 is 14.8 Å². The minimum atomic E-state index is -0.478. The molecule has 0 bridgehead atoms. The summed E-state index contributed by atoms with van der Waals surface area (Å²) in [5, 5.41) is 3.20. The van der Waals surface area contributed by atoms with Crippen LogP contribution in [0.3, 0.4) is 0 Å². The Labute approximate surface area is 160 Å². The average molecular weight is 372 g/mol. The van der Waals surface area contributed by atoms with Gasteiger partial charge in [0.05, 0.1) is 24.9 Å². The van der Waals surface area contributed by atoms with E-state index in [1.807, 2.05) is 32.0 Å². The second-order valence-corrected chi connectivity index (χ2v) is 6.44. The van der Waals surface area contributed by atoms with Crippen LogP contribution in [0.25, 0.3) is 0 Å². The summed E-state index contributed by atoms with van der Waals surface area (Å²) < 4.78 is 11.2. The van der Waals surface area contributed by atoms with E-state index in [9.17, 15) is 9.59 Å². The summed E-state index contributed by atoms with van der Waals surface area (Å²) >= 11 is 0. The van der Waals surface area contributed by atoms with Crippen molar-refractivity contribution in [3.05, 3.63) is 40.7 Å². The molecular formula is C21H28N2O4. The van der Waals surface area contributed by atoms with E-state index in [0.717, 1.165) is 11.4 Å². The molecule has 0 saturated carbocycles. The molecule has 2 N–H and O–H groups in total. The topological polar surface area (TPSA) is 80.4 Å². The van der Waals surface area contributed by atoms with Crippen molar-refractivity contribution < 1.29 is 19.1 Å². The Hall–Kier alpha value is -2.76. The minimum Gasteiger partial charge on any atom is -0.490 e. The number of rotatable bonds is 9. The standard InChI is InChI=1S/C21H28N2O4/c1-7-26-17-10-9-16(11-18(17)27-8-2)22-14(5)21(25)20-12(3)19(15(6)24)13(4)23-20/h9-11,14,22-23H,7-8H2,1-6H3. The van der Waals surface area contributed by atoms with Gasteiger partial charge in [0.2, 0.25) is 5.78 Å². The summed E-state index contributed by atoms with van der Waals surface area (Å²) in [7, 11) is 0. The average Bonchev–Trinajstić information content (AvgIpc) is 2.91. The largest absolute Gasteiger partial charge is 0.490 e. The molecular weight excluding hydrogens is 344 g/mol. The lowest BCUT2D eigenvalue weighted by Crippen LogP contribution is -2.27. The highest BCUT2D eigenvalue weighted by Crippen LogP contribution is 2.31. The third-order valence-corrected chi connectivity index (χ3v) is 4.36. The van der Waals surface area contributed by atoms with E-state index in [2.05, 4.69) is 10.3 Å². The number of H-pyrrole nitrogens is 1. The zero-order chi connectivity index (χ0) is 20.1. The maximum Gasteiger partial charge on any atom is 0.201 e. The second-order valence-electron chi connectivity index (χ2n) is 6.44. The van der Waals surface area contributed by atoms with Gasteiger partial charge in [-0.3, -0.25) is 9.59 Å². The Morgan fingerprint density at radius 3 is 2.30 bits per heavy atom. The molecule has 6 nitrogen and oxygen atoms in total. The number of ketones is 2. The third-order valence-electron chi connectivity index (χ3n) is 4.36. The molecule has 0 spiro atoms. The van der Waals surface area contributed by atoms with Crippen LogP contribution in [0, 0.1) is 13.8 Å². The number of hydrogen-bond donors (Lipinski definition) is 2. The van der Waals surface area contributed by atoms with Gasteiger partial charge in [-0.05, 0) is 59.2 Å². The van der Waals surface area contributed by atoms with Gasteiger partial charge in [-0.25, -0.2) is 0 Å². The van der Waals surface area contributed by atoms with Gasteiger partial charge in [0.25, 0.3) is 0 Å². The van der Waals surface area contributed by atoms with Crippen molar-refractivity contribution in [2.45, 2.75) is 47.6 Å². The van der Waals surface area contributed by atoms with Gasteiger partial charge in [0, 0.05) is 23.0 Å². The molecule has 1 unspecified atom stereocenters. The summed E-state index contributed by atoms with van der Waals surface area (Å²) in [6.07, 6.45) is 0. The number of Topliss-reactive ketones (excluding diaryl/α,β-unsaturated/α-hetero) is 2. The second kappa shape index (κ2) is 8.75. The third kappa shape index (κ3) is 4.51. The van der Waals surface area contributed by atoms with Crippen molar-refractivity contribution in [3.8, 4) is 11.5 Å². The fourth-order valence-electron chi connectivity index (χ4n) is 3.20. The fraction of sp³-hybridized carbons (Fsp3) is 0.429. The molecule has 27 heavy (non-hydrogen) atoms. The van der Waals surface area contributed by atoms with Crippen LogP contribution in [0.1, 0.15) is 59.8 Å². The summed E-state index contributed by atoms with van der Waals surface area (Å²) in [5.74, 6) is 1.16. The molecule has 0 radical (unpaired) electrons. The maximum atomic E-state index is 12.9. The number of aromatic amines is 1. The smallest absolute Gasteiger partial charge is 0.201 e. The van der Waals surface area contributed by atoms with Crippen LogP contribution in [0.4, 0.5) is 5.69 Å². The quantitative estimate of drug-likeness (QED) is 0.641. The highest BCUT2D eigenvalue weighted by atomic mass is 16.5. The molecule has 2 aromatic rings. The lowest BCUT2D eigenvalue weighted by atomic mass is 10.0. The van der Waals surface area contributed by atoms with Gasteiger partial charge in [-0.1, -0.05) is 0 Å². The summed E-state index contributed by atoms with van der Waals surface area (Å²) in [4.78, 5) is 27.7. The zero-order valence-electron chi connectivity index (χ0n) is 16.9. The van der Waals surface area contributed by atoms with Gasteiger partial charge >= 0.3 is 0 Å². The van der Waals surface area contributed by atoms with E-state index >= 15 is 0 Å². The zero-order valence-corrected chi connectivity index (χ0v) is 16.9. The Bertz CT molecular complexity index is 839. The number of aryl methyl sites for hydroxylation is 1. The van der Waals surface area contributed by atoms with Crippen LogP contribution in [-0.2, 0) is 0 Å². The van der Waals surface area contributed by atoms with E-state index in [1.165, 1.54) is 6.92 Å². The highest BCUT2D eigenvalue weighted by Gasteiger charge is 2.23. The van der Waals surface area contributed by atoms with Gasteiger partial charge in [-0.15, -0.1) is 0 Å². The molecule has 1 aromatic heterocycles. The molecule has 6 heteroatoms. The predicted molar refractivity (Wildman–Crippen MR) is 106 cm³/mol. The van der Waals surface area contributed by atoms with Gasteiger partial charge in [0.15, 0.2) is 17.3 Å². The molecule has 1 aromatic carbocycles. The van der Waals surface area contributed by atoms with Gasteiger partial charge in [0.1, 0.15) is 0 Å². The first kappa shape index (κ1) is 20.6. The van der Waals surface area contributed by atoms with E-state index in [4.69, 9.17) is 9.47 Å². The Balaban J connectivity index is 2.23. The van der Waals surface area contributed by atoms with E-state index in [-0.39, 0.29) is 11.6 Å². The number of carbonyl (C=O) groups is 2. The molecule has 0 amide bonds. The maximum absolute atomic E-state index is 12.9. The van der Waals surface area contributed by atoms with Crippen LogP contribution in [0.15, 0.2) is 18.2 Å². The Kier molecular flexibility index (Phi) is 6.66. The number of ether oxygens (including phenoxy) is 2. The Morgan fingerprint density at radius 1 is 1.11 bits per heavy atom.